The van der Waals surface area contributed by atoms with Crippen LogP contribution in [0, 0.1) is 0 Å². The number of rotatable bonds is 7. The number of hydrogen-bond donors (Lipinski definition) is 2. The van der Waals surface area contributed by atoms with Gasteiger partial charge in [0.25, 0.3) is 5.91 Å². The molecule has 7 heteroatoms. The van der Waals surface area contributed by atoms with Gasteiger partial charge in [-0.3, -0.25) is 9.59 Å². The fourth-order valence-corrected chi connectivity index (χ4v) is 4.15. The lowest BCUT2D eigenvalue weighted by atomic mass is 10.1. The molecule has 0 aliphatic rings. The van der Waals surface area contributed by atoms with Crippen molar-refractivity contribution in [2.45, 2.75) is 10.1 Å². The molecule has 0 fully saturated rings. The van der Waals surface area contributed by atoms with Crippen molar-refractivity contribution in [3.8, 4) is 0 Å². The normalized spacial score (nSPS) is 11.5. The monoisotopic (exact) mass is 462 g/mol. The molecular formula is C25H19ClN2O3S. The van der Waals surface area contributed by atoms with E-state index in [0.717, 1.165) is 10.5 Å². The molecule has 1 atom stereocenters. The molecule has 1 unspecified atom stereocenters. The van der Waals surface area contributed by atoms with Gasteiger partial charge in [0.2, 0.25) is 5.91 Å². The summed E-state index contributed by atoms with van der Waals surface area (Å²) >= 11 is 7.37. The summed E-state index contributed by atoms with van der Waals surface area (Å²) in [6.45, 7) is 0. The number of carbonyl (C=O) groups excluding carboxylic acids is 2. The van der Waals surface area contributed by atoms with Crippen LogP contribution in [0.3, 0.4) is 0 Å². The van der Waals surface area contributed by atoms with Crippen molar-refractivity contribution in [3.05, 3.63) is 114 Å². The molecule has 5 nitrogen and oxygen atoms in total. The SMILES string of the molecule is O=C(Nc1ccc(SC(C(=O)Nc2ccc(Cl)cc2)c2ccccc2)cc1)c1ccco1. The Balaban J connectivity index is 1.49. The van der Waals surface area contributed by atoms with Gasteiger partial charge in [-0.05, 0) is 66.2 Å². The maximum Gasteiger partial charge on any atom is 0.291 e. The van der Waals surface area contributed by atoms with E-state index >= 15 is 0 Å². The summed E-state index contributed by atoms with van der Waals surface area (Å²) in [6, 6.07) is 27.2. The molecule has 0 aliphatic carbocycles. The van der Waals surface area contributed by atoms with E-state index in [4.69, 9.17) is 16.0 Å². The first kappa shape index (κ1) is 21.7. The third kappa shape index (κ3) is 5.60. The highest BCUT2D eigenvalue weighted by atomic mass is 35.5. The third-order valence-corrected chi connectivity index (χ3v) is 6.08. The van der Waals surface area contributed by atoms with Crippen LogP contribution >= 0.6 is 23.4 Å². The van der Waals surface area contributed by atoms with E-state index in [9.17, 15) is 9.59 Å². The second-order valence-corrected chi connectivity index (χ2v) is 8.48. The van der Waals surface area contributed by atoms with Crippen LogP contribution in [0.2, 0.25) is 5.02 Å². The van der Waals surface area contributed by atoms with Gasteiger partial charge in [0, 0.05) is 21.3 Å². The van der Waals surface area contributed by atoms with Gasteiger partial charge in [-0.1, -0.05) is 41.9 Å². The standard InChI is InChI=1S/C25H19ClN2O3S/c26-18-8-10-19(11-9-18)28-25(30)23(17-5-2-1-3-6-17)32-21-14-12-20(13-15-21)27-24(29)22-7-4-16-31-22/h1-16,23H,(H,27,29)(H,28,30). The predicted molar refractivity (Wildman–Crippen MR) is 128 cm³/mol. The van der Waals surface area contributed by atoms with Crippen LogP contribution in [0.25, 0.3) is 0 Å². The second kappa shape index (κ2) is 10.2. The minimum atomic E-state index is -0.463. The molecule has 4 rings (SSSR count). The van der Waals surface area contributed by atoms with Crippen molar-refractivity contribution in [2.24, 2.45) is 0 Å². The summed E-state index contributed by atoms with van der Waals surface area (Å²) in [5.41, 5.74) is 2.20. The maximum atomic E-state index is 13.1. The van der Waals surface area contributed by atoms with Gasteiger partial charge in [-0.25, -0.2) is 0 Å². The molecule has 4 aromatic rings. The van der Waals surface area contributed by atoms with E-state index < -0.39 is 5.25 Å². The third-order valence-electron chi connectivity index (χ3n) is 4.56. The molecule has 1 aromatic heterocycles. The van der Waals surface area contributed by atoms with Gasteiger partial charge in [0.1, 0.15) is 5.25 Å². The summed E-state index contributed by atoms with van der Waals surface area (Å²) in [6.07, 6.45) is 1.45. The van der Waals surface area contributed by atoms with Crippen molar-refractivity contribution in [2.75, 3.05) is 10.6 Å². The lowest BCUT2D eigenvalue weighted by Gasteiger charge is -2.17. The Morgan fingerprint density at radius 1 is 0.781 bits per heavy atom. The lowest BCUT2D eigenvalue weighted by Crippen LogP contribution is -2.19. The van der Waals surface area contributed by atoms with Crippen molar-refractivity contribution in [1.29, 1.82) is 0 Å². The predicted octanol–water partition coefficient (Wildman–Crippen LogP) is 6.66. The van der Waals surface area contributed by atoms with Crippen molar-refractivity contribution in [3.63, 3.8) is 0 Å². The van der Waals surface area contributed by atoms with Gasteiger partial charge in [0.05, 0.1) is 6.26 Å². The molecule has 0 aliphatic heterocycles. The highest BCUT2D eigenvalue weighted by Gasteiger charge is 2.22. The quantitative estimate of drug-likeness (QED) is 0.301. The van der Waals surface area contributed by atoms with E-state index in [1.165, 1.54) is 18.0 Å². The van der Waals surface area contributed by atoms with E-state index in [1.807, 2.05) is 42.5 Å². The Bertz CT molecular complexity index is 1180. The average molecular weight is 463 g/mol. The van der Waals surface area contributed by atoms with Crippen LogP contribution in [-0.4, -0.2) is 11.8 Å². The number of carbonyl (C=O) groups is 2. The van der Waals surface area contributed by atoms with E-state index in [-0.39, 0.29) is 17.6 Å². The van der Waals surface area contributed by atoms with Crippen LogP contribution in [0.5, 0.6) is 0 Å². The molecule has 2 amide bonds. The Hall–Kier alpha value is -3.48. The molecule has 0 saturated carbocycles. The van der Waals surface area contributed by atoms with Gasteiger partial charge in [0.15, 0.2) is 5.76 Å². The summed E-state index contributed by atoms with van der Waals surface area (Å²) in [7, 11) is 0. The second-order valence-electron chi connectivity index (χ2n) is 6.86. The molecule has 0 saturated heterocycles. The number of anilines is 2. The van der Waals surface area contributed by atoms with Crippen LogP contribution in [0.1, 0.15) is 21.4 Å². The molecule has 0 radical (unpaired) electrons. The maximum absolute atomic E-state index is 13.1. The van der Waals surface area contributed by atoms with Crippen molar-refractivity contribution >= 4 is 46.6 Å². The van der Waals surface area contributed by atoms with Crippen molar-refractivity contribution < 1.29 is 14.0 Å². The first-order valence-electron chi connectivity index (χ1n) is 9.81. The number of hydrogen-bond acceptors (Lipinski definition) is 4. The highest BCUT2D eigenvalue weighted by Crippen LogP contribution is 2.36. The topological polar surface area (TPSA) is 71.3 Å². The summed E-state index contributed by atoms with van der Waals surface area (Å²) < 4.78 is 5.11. The number of amides is 2. The number of benzene rings is 3. The number of thioether (sulfide) groups is 1. The largest absolute Gasteiger partial charge is 0.459 e. The van der Waals surface area contributed by atoms with Crippen molar-refractivity contribution in [1.82, 2.24) is 0 Å². The summed E-state index contributed by atoms with van der Waals surface area (Å²) in [5, 5.41) is 5.88. The Morgan fingerprint density at radius 3 is 2.09 bits per heavy atom. The zero-order valence-corrected chi connectivity index (χ0v) is 18.4. The molecular weight excluding hydrogens is 444 g/mol. The minimum Gasteiger partial charge on any atom is -0.459 e. The number of furan rings is 1. The first-order chi connectivity index (χ1) is 15.6. The molecule has 0 spiro atoms. The van der Waals surface area contributed by atoms with Gasteiger partial charge < -0.3 is 15.1 Å². The fraction of sp³-hybridized carbons (Fsp3) is 0.0400. The fourth-order valence-electron chi connectivity index (χ4n) is 3.00. The Morgan fingerprint density at radius 2 is 1.44 bits per heavy atom. The first-order valence-corrected chi connectivity index (χ1v) is 11.1. The van der Waals surface area contributed by atoms with E-state index in [1.54, 1.807) is 48.5 Å². The molecule has 1 heterocycles. The lowest BCUT2D eigenvalue weighted by molar-refractivity contribution is -0.115. The minimum absolute atomic E-state index is 0.140. The zero-order valence-electron chi connectivity index (χ0n) is 16.8. The van der Waals surface area contributed by atoms with Gasteiger partial charge in [-0.2, -0.15) is 0 Å². The van der Waals surface area contributed by atoms with Gasteiger partial charge in [-0.15, -0.1) is 11.8 Å². The van der Waals surface area contributed by atoms with Crippen LogP contribution in [0.4, 0.5) is 11.4 Å². The van der Waals surface area contributed by atoms with Gasteiger partial charge >= 0.3 is 0 Å². The zero-order chi connectivity index (χ0) is 22.3. The molecule has 160 valence electrons. The highest BCUT2D eigenvalue weighted by molar-refractivity contribution is 8.00. The smallest absolute Gasteiger partial charge is 0.291 e. The summed E-state index contributed by atoms with van der Waals surface area (Å²) in [5.74, 6) is -0.218. The molecule has 2 N–H and O–H groups in total. The Labute approximate surface area is 194 Å². The molecule has 3 aromatic carbocycles. The molecule has 32 heavy (non-hydrogen) atoms. The summed E-state index contributed by atoms with van der Waals surface area (Å²) in [4.78, 5) is 26.1. The van der Waals surface area contributed by atoms with Crippen LogP contribution in [0.15, 0.2) is 107 Å². The van der Waals surface area contributed by atoms with Crippen LogP contribution < -0.4 is 10.6 Å². The van der Waals surface area contributed by atoms with Crippen LogP contribution in [-0.2, 0) is 4.79 Å². The average Bonchev–Trinajstić information content (AvgIpc) is 3.36. The van der Waals surface area contributed by atoms with E-state index in [0.29, 0.717) is 16.4 Å². The Kier molecular flexibility index (Phi) is 6.94. The number of halogens is 1. The van der Waals surface area contributed by atoms with E-state index in [2.05, 4.69) is 10.6 Å². The molecule has 0 bridgehead atoms. The number of nitrogens with one attached hydrogen (secondary N) is 2.